The van der Waals surface area contributed by atoms with E-state index in [1.165, 1.54) is 11.3 Å². The molecular formula is C13H21NO3S. The van der Waals surface area contributed by atoms with Crippen molar-refractivity contribution in [3.63, 3.8) is 0 Å². The topological polar surface area (TPSA) is 58.6 Å². The first-order valence-electron chi connectivity index (χ1n) is 6.17. The summed E-state index contributed by atoms with van der Waals surface area (Å²) in [4.78, 5) is 12.3. The van der Waals surface area contributed by atoms with Gasteiger partial charge in [0, 0.05) is 25.1 Å². The van der Waals surface area contributed by atoms with Crippen LogP contribution in [0.3, 0.4) is 0 Å². The zero-order valence-electron chi connectivity index (χ0n) is 11.0. The number of thiophene rings is 1. The lowest BCUT2D eigenvalue weighted by atomic mass is 10.2. The number of rotatable bonds is 9. The second-order valence-corrected chi connectivity index (χ2v) is 5.48. The number of hydrogen-bond donors (Lipinski definition) is 2. The van der Waals surface area contributed by atoms with E-state index < -0.39 is 5.97 Å². The molecule has 0 spiro atoms. The minimum Gasteiger partial charge on any atom is -0.477 e. The van der Waals surface area contributed by atoms with Gasteiger partial charge in [-0.1, -0.05) is 0 Å². The molecule has 102 valence electrons. The van der Waals surface area contributed by atoms with E-state index in [0.29, 0.717) is 4.88 Å². The molecule has 0 aliphatic heterocycles. The highest BCUT2D eigenvalue weighted by Crippen LogP contribution is 2.21. The van der Waals surface area contributed by atoms with Crippen molar-refractivity contribution in [2.45, 2.75) is 32.7 Å². The molecule has 1 aromatic heterocycles. The van der Waals surface area contributed by atoms with Gasteiger partial charge in [-0.2, -0.15) is 0 Å². The van der Waals surface area contributed by atoms with Gasteiger partial charge in [0.2, 0.25) is 0 Å². The predicted octanol–water partition coefficient (Wildman–Crippen LogP) is 2.66. The van der Waals surface area contributed by atoms with E-state index in [1.807, 2.05) is 6.92 Å². The molecular weight excluding hydrogens is 250 g/mol. The fraction of sp³-hybridized carbons (Fsp3) is 0.615. The number of carboxylic acids is 1. The minimum absolute atomic E-state index is 0.421. The maximum atomic E-state index is 10.8. The summed E-state index contributed by atoms with van der Waals surface area (Å²) in [6.07, 6.45) is 3.38. The highest BCUT2D eigenvalue weighted by molar-refractivity contribution is 7.14. The predicted molar refractivity (Wildman–Crippen MR) is 73.4 cm³/mol. The van der Waals surface area contributed by atoms with Gasteiger partial charge in [-0.3, -0.25) is 0 Å². The van der Waals surface area contributed by atoms with Gasteiger partial charge in [0.1, 0.15) is 4.88 Å². The summed E-state index contributed by atoms with van der Waals surface area (Å²) in [5, 5.41) is 12.2. The number of carbonyl (C=O) groups is 1. The number of aryl methyl sites for hydroxylation is 1. The number of ether oxygens (including phenoxy) is 1. The van der Waals surface area contributed by atoms with Gasteiger partial charge in [0.25, 0.3) is 0 Å². The van der Waals surface area contributed by atoms with Gasteiger partial charge in [0.15, 0.2) is 0 Å². The van der Waals surface area contributed by atoms with Crippen molar-refractivity contribution in [3.05, 3.63) is 21.4 Å². The first kappa shape index (κ1) is 15.1. The highest BCUT2D eigenvalue weighted by Gasteiger charge is 2.10. The van der Waals surface area contributed by atoms with Crippen LogP contribution in [0.25, 0.3) is 0 Å². The molecule has 1 heterocycles. The zero-order chi connectivity index (χ0) is 13.4. The van der Waals surface area contributed by atoms with E-state index >= 15 is 0 Å². The quantitative estimate of drug-likeness (QED) is 0.678. The molecule has 0 amide bonds. The number of methoxy groups -OCH3 is 1. The number of carboxylic acid groups (broad SMARTS) is 1. The summed E-state index contributed by atoms with van der Waals surface area (Å²) in [6.45, 7) is 4.50. The maximum absolute atomic E-state index is 10.8. The molecule has 0 saturated carbocycles. The van der Waals surface area contributed by atoms with Gasteiger partial charge in [-0.15, -0.1) is 11.3 Å². The Morgan fingerprint density at radius 1 is 1.44 bits per heavy atom. The molecule has 0 saturated heterocycles. The van der Waals surface area contributed by atoms with Crippen LogP contribution in [0.15, 0.2) is 6.07 Å². The average molecular weight is 271 g/mol. The number of aromatic carboxylic acids is 1. The van der Waals surface area contributed by atoms with Crippen LogP contribution < -0.4 is 5.32 Å². The van der Waals surface area contributed by atoms with Crippen LogP contribution in [-0.4, -0.2) is 31.3 Å². The lowest BCUT2D eigenvalue weighted by Gasteiger charge is -2.04. The van der Waals surface area contributed by atoms with Gasteiger partial charge in [0.05, 0.1) is 0 Å². The van der Waals surface area contributed by atoms with Crippen molar-refractivity contribution in [3.8, 4) is 0 Å². The second kappa shape index (κ2) is 8.24. The minimum atomic E-state index is -0.839. The van der Waals surface area contributed by atoms with E-state index in [9.17, 15) is 4.79 Å². The summed E-state index contributed by atoms with van der Waals surface area (Å²) in [7, 11) is 1.72. The molecule has 5 heteroatoms. The van der Waals surface area contributed by atoms with Crippen LogP contribution in [0.1, 0.15) is 39.4 Å². The molecule has 0 aliphatic carbocycles. The van der Waals surface area contributed by atoms with Crippen LogP contribution in [0, 0.1) is 6.92 Å². The van der Waals surface area contributed by atoms with Gasteiger partial charge < -0.3 is 15.2 Å². The normalized spacial score (nSPS) is 10.8. The Labute approximate surface area is 112 Å². The van der Waals surface area contributed by atoms with Crippen molar-refractivity contribution < 1.29 is 14.6 Å². The summed E-state index contributed by atoms with van der Waals surface area (Å²) >= 11 is 1.34. The Hall–Kier alpha value is -0.910. The molecule has 18 heavy (non-hydrogen) atoms. The summed E-state index contributed by atoms with van der Waals surface area (Å²) < 4.78 is 4.98. The molecule has 0 fully saturated rings. The van der Waals surface area contributed by atoms with Crippen molar-refractivity contribution in [2.24, 2.45) is 0 Å². The average Bonchev–Trinajstić information content (AvgIpc) is 2.70. The van der Waals surface area contributed by atoms with E-state index in [0.717, 1.165) is 49.4 Å². The first-order valence-corrected chi connectivity index (χ1v) is 6.99. The maximum Gasteiger partial charge on any atom is 0.345 e. The van der Waals surface area contributed by atoms with Crippen LogP contribution in [0.5, 0.6) is 0 Å². The standard InChI is InChI=1S/C13H21NO3S/c1-10-11(8-12(18-10)13(15)16)9-14-6-4-3-5-7-17-2/h8,14H,3-7,9H2,1-2H3,(H,15,16). The molecule has 0 radical (unpaired) electrons. The molecule has 1 aromatic rings. The van der Waals surface area contributed by atoms with Gasteiger partial charge >= 0.3 is 5.97 Å². The smallest absolute Gasteiger partial charge is 0.345 e. The zero-order valence-corrected chi connectivity index (χ0v) is 11.8. The third-order valence-corrected chi connectivity index (χ3v) is 3.83. The fourth-order valence-corrected chi connectivity index (χ4v) is 2.58. The third kappa shape index (κ3) is 5.16. The Morgan fingerprint density at radius 2 is 2.22 bits per heavy atom. The fourth-order valence-electron chi connectivity index (χ4n) is 1.70. The molecule has 4 nitrogen and oxygen atoms in total. The number of hydrogen-bond acceptors (Lipinski definition) is 4. The monoisotopic (exact) mass is 271 g/mol. The number of unbranched alkanes of at least 4 members (excludes halogenated alkanes) is 2. The van der Waals surface area contributed by atoms with Crippen LogP contribution in [-0.2, 0) is 11.3 Å². The second-order valence-electron chi connectivity index (χ2n) is 4.23. The van der Waals surface area contributed by atoms with Crippen molar-refractivity contribution >= 4 is 17.3 Å². The lowest BCUT2D eigenvalue weighted by Crippen LogP contribution is -2.14. The van der Waals surface area contributed by atoms with Gasteiger partial charge in [-0.05, 0) is 44.4 Å². The van der Waals surface area contributed by atoms with E-state index in [4.69, 9.17) is 9.84 Å². The lowest BCUT2D eigenvalue weighted by molar-refractivity contribution is 0.0702. The Kier molecular flexibility index (Phi) is 6.93. The van der Waals surface area contributed by atoms with Crippen LogP contribution in [0.2, 0.25) is 0 Å². The first-order chi connectivity index (χ1) is 8.65. The Bertz CT molecular complexity index is 376. The van der Waals surface area contributed by atoms with Crippen molar-refractivity contribution in [1.29, 1.82) is 0 Å². The van der Waals surface area contributed by atoms with Crippen LogP contribution in [0.4, 0.5) is 0 Å². The molecule has 0 bridgehead atoms. The Morgan fingerprint density at radius 3 is 2.83 bits per heavy atom. The molecule has 2 N–H and O–H groups in total. The molecule has 1 rings (SSSR count). The Balaban J connectivity index is 2.21. The van der Waals surface area contributed by atoms with Gasteiger partial charge in [-0.25, -0.2) is 4.79 Å². The van der Waals surface area contributed by atoms with E-state index in [1.54, 1.807) is 13.2 Å². The van der Waals surface area contributed by atoms with E-state index in [-0.39, 0.29) is 0 Å². The molecule has 0 atom stereocenters. The van der Waals surface area contributed by atoms with Crippen molar-refractivity contribution in [2.75, 3.05) is 20.3 Å². The SMILES string of the molecule is COCCCCCNCc1cc(C(=O)O)sc1C. The molecule has 0 aliphatic rings. The van der Waals surface area contributed by atoms with Crippen LogP contribution >= 0.6 is 11.3 Å². The van der Waals surface area contributed by atoms with E-state index in [2.05, 4.69) is 5.32 Å². The molecule has 0 aromatic carbocycles. The summed E-state index contributed by atoms with van der Waals surface area (Å²) in [6, 6.07) is 1.76. The third-order valence-electron chi connectivity index (χ3n) is 2.75. The van der Waals surface area contributed by atoms with Crippen molar-refractivity contribution in [1.82, 2.24) is 5.32 Å². The molecule has 0 unspecified atom stereocenters. The summed E-state index contributed by atoms with van der Waals surface area (Å²) in [5.41, 5.74) is 1.09. The highest BCUT2D eigenvalue weighted by atomic mass is 32.1. The number of nitrogens with one attached hydrogen (secondary N) is 1. The summed E-state index contributed by atoms with van der Waals surface area (Å²) in [5.74, 6) is -0.839. The largest absolute Gasteiger partial charge is 0.477 e.